The average Bonchev–Trinajstić information content (AvgIpc) is 2.86. The molecule has 0 fully saturated rings. The molecule has 0 aliphatic rings. The lowest BCUT2D eigenvalue weighted by Gasteiger charge is -2.35. The van der Waals surface area contributed by atoms with Gasteiger partial charge in [-0.05, 0) is 44.1 Å². The van der Waals surface area contributed by atoms with E-state index in [1.54, 1.807) is 0 Å². The summed E-state index contributed by atoms with van der Waals surface area (Å²) in [6.07, 6.45) is 27.7. The van der Waals surface area contributed by atoms with E-state index < -0.39 is 0 Å². The van der Waals surface area contributed by atoms with Crippen molar-refractivity contribution in [3.05, 3.63) is 42.5 Å². The lowest BCUT2D eigenvalue weighted by Crippen LogP contribution is -3.00. The first-order valence-corrected chi connectivity index (χ1v) is 15.1. The van der Waals surface area contributed by atoms with Crippen LogP contribution in [0, 0.1) is 0 Å². The summed E-state index contributed by atoms with van der Waals surface area (Å²) in [6, 6.07) is 10.0. The average molecular weight is 508 g/mol. The van der Waals surface area contributed by atoms with E-state index in [1.807, 2.05) is 36.4 Å². The summed E-state index contributed by atoms with van der Waals surface area (Å²) in [6.45, 7) is 14.9. The Hall–Kier alpha value is -0.790. The van der Waals surface area contributed by atoms with Gasteiger partial charge in [-0.2, -0.15) is 0 Å². The largest absolute Gasteiger partial charge is 1.00 e. The van der Waals surface area contributed by atoms with Crippen molar-refractivity contribution in [2.75, 3.05) is 26.7 Å². The molecule has 0 saturated carbocycles. The van der Waals surface area contributed by atoms with Gasteiger partial charge in [0.2, 0.25) is 0 Å². The van der Waals surface area contributed by atoms with Gasteiger partial charge >= 0.3 is 0 Å². The molecule has 0 heterocycles. The van der Waals surface area contributed by atoms with Gasteiger partial charge in [-0.3, -0.25) is 0 Å². The van der Waals surface area contributed by atoms with Gasteiger partial charge in [0.05, 0.1) is 26.7 Å². The molecule has 0 aromatic heterocycles. The van der Waals surface area contributed by atoms with Crippen LogP contribution >= 0.6 is 0 Å². The van der Waals surface area contributed by atoms with Crippen molar-refractivity contribution in [3.63, 3.8) is 0 Å². The summed E-state index contributed by atoms with van der Waals surface area (Å²) in [7, 11) is 2.56. The molecule has 2 heteroatoms. The van der Waals surface area contributed by atoms with Gasteiger partial charge < -0.3 is 16.9 Å². The molecule has 0 radical (unpaired) electrons. The Bertz CT molecular complexity index is 486. The molecule has 1 aromatic rings. The summed E-state index contributed by atoms with van der Waals surface area (Å²) < 4.78 is 1.36. The molecule has 0 N–H and O–H groups in total. The van der Waals surface area contributed by atoms with Crippen molar-refractivity contribution in [1.82, 2.24) is 0 Å². The van der Waals surface area contributed by atoms with E-state index in [0.717, 1.165) is 0 Å². The second kappa shape index (κ2) is 27.8. The number of quaternary nitrogens is 1. The van der Waals surface area contributed by atoms with E-state index >= 15 is 0 Å². The molecule has 1 nitrogen and oxygen atoms in total. The lowest BCUT2D eigenvalue weighted by molar-refractivity contribution is -0.910. The Labute approximate surface area is 228 Å². The number of unbranched alkanes of at least 4 members (excludes halogenated alkanes) is 15. The minimum absolute atomic E-state index is 0. The predicted octanol–water partition coefficient (Wildman–Crippen LogP) is 7.85. The molecule has 0 atom stereocenters. The third-order valence-corrected chi connectivity index (χ3v) is 7.19. The highest BCUT2D eigenvalue weighted by atomic mass is 35.5. The molecule has 0 unspecified atom stereocenters. The normalized spacial score (nSPS) is 10.9. The molecule has 0 aliphatic carbocycles. The molecule has 0 amide bonds. The van der Waals surface area contributed by atoms with Crippen molar-refractivity contribution < 1.29 is 16.9 Å². The van der Waals surface area contributed by atoms with Gasteiger partial charge in [-0.15, -0.1) is 0 Å². The molecular weight excluding hydrogens is 446 g/mol. The monoisotopic (exact) mass is 507 g/mol. The Balaban J connectivity index is 0. The van der Waals surface area contributed by atoms with Gasteiger partial charge in [0.15, 0.2) is 0 Å². The third-order valence-electron chi connectivity index (χ3n) is 7.19. The molecule has 0 saturated heterocycles. The molecule has 206 valence electrons. The quantitative estimate of drug-likeness (QED) is 0.111. The van der Waals surface area contributed by atoms with E-state index in [4.69, 9.17) is 0 Å². The lowest BCUT2D eigenvalue weighted by atomic mass is 10.1. The number of hydrogen-bond donors (Lipinski definition) is 0. The molecule has 35 heavy (non-hydrogen) atoms. The van der Waals surface area contributed by atoms with Crippen LogP contribution in [-0.4, -0.2) is 31.2 Å². The van der Waals surface area contributed by atoms with Crippen molar-refractivity contribution in [2.24, 2.45) is 0 Å². The van der Waals surface area contributed by atoms with Gasteiger partial charge in [-0.25, -0.2) is 0 Å². The van der Waals surface area contributed by atoms with Crippen LogP contribution in [0.25, 0.3) is 6.08 Å². The highest BCUT2D eigenvalue weighted by Crippen LogP contribution is 2.16. The second-order valence-electron chi connectivity index (χ2n) is 10.7. The van der Waals surface area contributed by atoms with E-state index in [0.29, 0.717) is 0 Å². The molecule has 0 spiro atoms. The van der Waals surface area contributed by atoms with Gasteiger partial charge in [-0.1, -0.05) is 141 Å². The Morgan fingerprint density at radius 3 is 1.14 bits per heavy atom. The van der Waals surface area contributed by atoms with Gasteiger partial charge in [0.25, 0.3) is 0 Å². The molecule has 0 aliphatic heterocycles. The van der Waals surface area contributed by atoms with Crippen LogP contribution in [0.1, 0.15) is 142 Å². The number of hydrogen-bond acceptors (Lipinski definition) is 0. The molecule has 1 rings (SSSR count). The summed E-state index contributed by atoms with van der Waals surface area (Å²) in [5.74, 6) is 0. The maximum Gasteiger partial charge on any atom is 0.0784 e. The zero-order valence-corrected chi connectivity index (χ0v) is 25.1. The van der Waals surface area contributed by atoms with E-state index in [9.17, 15) is 0 Å². The van der Waals surface area contributed by atoms with E-state index in [2.05, 4.69) is 34.4 Å². The van der Waals surface area contributed by atoms with E-state index in [1.165, 1.54) is 145 Å². The number of nitrogens with zero attached hydrogens (tertiary/aromatic N) is 1. The highest BCUT2D eigenvalue weighted by Gasteiger charge is 2.20. The molecule has 0 bridgehead atoms. The molecule has 1 aromatic carbocycles. The zero-order chi connectivity index (χ0) is 25.2. The van der Waals surface area contributed by atoms with E-state index in [-0.39, 0.29) is 12.4 Å². The fourth-order valence-electron chi connectivity index (χ4n) is 4.75. The summed E-state index contributed by atoms with van der Waals surface area (Å²) in [5, 5.41) is 0. The fourth-order valence-corrected chi connectivity index (χ4v) is 4.75. The van der Waals surface area contributed by atoms with Crippen LogP contribution in [0.3, 0.4) is 0 Å². The molecular formula is C33H62ClN. The van der Waals surface area contributed by atoms with Crippen LogP contribution in [0.4, 0.5) is 0 Å². The third kappa shape index (κ3) is 24.7. The first-order valence-electron chi connectivity index (χ1n) is 15.1. The second-order valence-corrected chi connectivity index (χ2v) is 10.7. The fraction of sp³-hybridized carbons (Fsp3) is 0.758. The maximum absolute atomic E-state index is 3.63. The smallest absolute Gasteiger partial charge is 0.0784 e. The van der Waals surface area contributed by atoms with Crippen LogP contribution in [-0.2, 0) is 0 Å². The van der Waals surface area contributed by atoms with Crippen LogP contribution in [0.15, 0.2) is 36.9 Å². The van der Waals surface area contributed by atoms with Crippen LogP contribution in [0.2, 0.25) is 0 Å². The maximum atomic E-state index is 3.63. The highest BCUT2D eigenvalue weighted by molar-refractivity contribution is 5.45. The number of halogens is 1. The van der Waals surface area contributed by atoms with Crippen molar-refractivity contribution >= 4 is 6.08 Å². The number of rotatable bonds is 22. The van der Waals surface area contributed by atoms with Crippen molar-refractivity contribution in [3.8, 4) is 0 Å². The number of benzene rings is 1. The SMILES string of the molecule is C=Cc1ccccc1.CCCCCCCC[N+](C)(CCCCCCCC)CCCCCCCC.[Cl-]. The first-order chi connectivity index (χ1) is 16.6. The zero-order valence-electron chi connectivity index (χ0n) is 24.3. The van der Waals surface area contributed by atoms with Crippen LogP contribution in [0.5, 0.6) is 0 Å². The van der Waals surface area contributed by atoms with Gasteiger partial charge in [0.1, 0.15) is 0 Å². The minimum Gasteiger partial charge on any atom is -1.00 e. The summed E-state index contributed by atoms with van der Waals surface area (Å²) in [4.78, 5) is 0. The summed E-state index contributed by atoms with van der Waals surface area (Å²) in [5.41, 5.74) is 1.17. The Morgan fingerprint density at radius 1 is 0.543 bits per heavy atom. The van der Waals surface area contributed by atoms with Crippen LogP contribution < -0.4 is 12.4 Å². The topological polar surface area (TPSA) is 0 Å². The first kappa shape index (κ1) is 36.4. The predicted molar refractivity (Wildman–Crippen MR) is 157 cm³/mol. The van der Waals surface area contributed by atoms with Crippen molar-refractivity contribution in [1.29, 1.82) is 0 Å². The summed E-state index contributed by atoms with van der Waals surface area (Å²) >= 11 is 0. The van der Waals surface area contributed by atoms with Gasteiger partial charge in [0, 0.05) is 0 Å². The standard InChI is InChI=1S/C25H54N.C8H8.ClH/c1-5-8-11-14-17-20-23-26(4,24-21-18-15-12-9-6-2)25-22-19-16-13-10-7-3;1-2-8-6-4-3-5-7-8;/h5-25H2,1-4H3;2-7H,1H2;1H/q+1;;/p-1. The Morgan fingerprint density at radius 2 is 0.857 bits per heavy atom. The van der Waals surface area contributed by atoms with Crippen molar-refractivity contribution in [2.45, 2.75) is 136 Å². The Kier molecular flexibility index (Phi) is 28.9. The minimum atomic E-state index is 0.